The molecule has 0 aliphatic carbocycles. The number of fused-ring (bicyclic) bond motifs is 1. The molecule has 0 fully saturated rings. The molecule has 2 aromatic carbocycles. The highest BCUT2D eigenvalue weighted by molar-refractivity contribution is 6.03. The standard InChI is InChI=1S/C19H14N2O5/c1-24-13-6-4-5-12(9-13)19(23)25-11-17(22)21-18-14-7-2-3-8-15(14)26-16(18)10-20/h2-9H,11H2,1H3,(H,21,22). The zero-order chi connectivity index (χ0) is 18.5. The van der Waals surface area contributed by atoms with Crippen molar-refractivity contribution in [1.29, 1.82) is 5.26 Å². The van der Waals surface area contributed by atoms with Gasteiger partial charge in [0.15, 0.2) is 6.61 Å². The quantitative estimate of drug-likeness (QED) is 0.710. The molecular formula is C19H14N2O5. The second kappa shape index (κ2) is 7.40. The fourth-order valence-corrected chi connectivity index (χ4v) is 2.39. The Labute approximate surface area is 148 Å². The van der Waals surface area contributed by atoms with Crippen LogP contribution < -0.4 is 10.1 Å². The Morgan fingerprint density at radius 3 is 2.77 bits per heavy atom. The summed E-state index contributed by atoms with van der Waals surface area (Å²) < 4.78 is 15.4. The van der Waals surface area contributed by atoms with Gasteiger partial charge in [-0.15, -0.1) is 0 Å². The number of amides is 1. The summed E-state index contributed by atoms with van der Waals surface area (Å²) in [5.41, 5.74) is 1.00. The molecule has 0 radical (unpaired) electrons. The molecule has 7 heteroatoms. The van der Waals surface area contributed by atoms with Crippen molar-refractivity contribution in [3.63, 3.8) is 0 Å². The molecule has 1 heterocycles. The molecule has 1 amide bonds. The third-order valence-corrected chi connectivity index (χ3v) is 3.60. The van der Waals surface area contributed by atoms with E-state index in [1.165, 1.54) is 13.2 Å². The number of ether oxygens (including phenoxy) is 2. The average molecular weight is 350 g/mol. The molecule has 0 unspecified atom stereocenters. The summed E-state index contributed by atoms with van der Waals surface area (Å²) in [4.78, 5) is 24.1. The van der Waals surface area contributed by atoms with Gasteiger partial charge in [-0.1, -0.05) is 18.2 Å². The summed E-state index contributed by atoms with van der Waals surface area (Å²) in [5, 5.41) is 12.3. The van der Waals surface area contributed by atoms with Crippen LogP contribution in [0.1, 0.15) is 16.1 Å². The second-order valence-corrected chi connectivity index (χ2v) is 5.27. The predicted molar refractivity (Wildman–Crippen MR) is 92.8 cm³/mol. The van der Waals surface area contributed by atoms with Crippen LogP contribution in [0.2, 0.25) is 0 Å². The summed E-state index contributed by atoms with van der Waals surface area (Å²) in [5.74, 6) is -0.744. The van der Waals surface area contributed by atoms with Crippen molar-refractivity contribution in [2.45, 2.75) is 0 Å². The number of para-hydroxylation sites is 1. The largest absolute Gasteiger partial charge is 0.497 e. The minimum atomic E-state index is -0.656. The van der Waals surface area contributed by atoms with Crippen molar-refractivity contribution >= 4 is 28.5 Å². The first-order valence-electron chi connectivity index (χ1n) is 7.65. The summed E-state index contributed by atoms with van der Waals surface area (Å²) >= 11 is 0. The molecule has 1 aromatic heterocycles. The maximum atomic E-state index is 12.1. The number of nitrogens with one attached hydrogen (secondary N) is 1. The zero-order valence-electron chi connectivity index (χ0n) is 13.8. The van der Waals surface area contributed by atoms with E-state index in [4.69, 9.17) is 19.2 Å². The number of hydrogen-bond acceptors (Lipinski definition) is 6. The molecule has 0 aliphatic rings. The molecule has 0 aliphatic heterocycles. The number of furan rings is 1. The van der Waals surface area contributed by atoms with Crippen LogP contribution in [-0.2, 0) is 9.53 Å². The normalized spacial score (nSPS) is 10.2. The molecule has 3 aromatic rings. The molecule has 0 saturated heterocycles. The number of nitrogens with zero attached hydrogens (tertiary/aromatic N) is 1. The molecule has 7 nitrogen and oxygen atoms in total. The van der Waals surface area contributed by atoms with E-state index in [0.717, 1.165) is 0 Å². The number of carbonyl (C=O) groups is 2. The van der Waals surface area contributed by atoms with Crippen LogP contribution in [0.4, 0.5) is 5.69 Å². The van der Waals surface area contributed by atoms with E-state index < -0.39 is 18.5 Å². The Morgan fingerprint density at radius 1 is 1.19 bits per heavy atom. The van der Waals surface area contributed by atoms with Crippen molar-refractivity contribution in [3.8, 4) is 11.8 Å². The van der Waals surface area contributed by atoms with E-state index in [-0.39, 0.29) is 17.0 Å². The molecule has 1 N–H and O–H groups in total. The van der Waals surface area contributed by atoms with Crippen LogP contribution in [0, 0.1) is 11.3 Å². The van der Waals surface area contributed by atoms with Gasteiger partial charge in [0.2, 0.25) is 5.76 Å². The fraction of sp³-hybridized carbons (Fsp3) is 0.105. The van der Waals surface area contributed by atoms with E-state index in [9.17, 15) is 9.59 Å². The SMILES string of the molecule is COc1cccc(C(=O)OCC(=O)Nc2c(C#N)oc3ccccc23)c1. The molecule has 0 atom stereocenters. The fourth-order valence-electron chi connectivity index (χ4n) is 2.39. The van der Waals surface area contributed by atoms with Gasteiger partial charge in [-0.25, -0.2) is 4.79 Å². The summed E-state index contributed by atoms with van der Waals surface area (Å²) in [6.07, 6.45) is 0. The molecule has 26 heavy (non-hydrogen) atoms. The van der Waals surface area contributed by atoms with E-state index in [2.05, 4.69) is 5.32 Å². The number of esters is 1. The van der Waals surface area contributed by atoms with Crippen molar-refractivity contribution in [3.05, 3.63) is 59.9 Å². The van der Waals surface area contributed by atoms with Crippen LogP contribution in [0.15, 0.2) is 52.9 Å². The lowest BCUT2D eigenvalue weighted by Gasteiger charge is -2.07. The summed E-state index contributed by atoms with van der Waals surface area (Å²) in [6.45, 7) is -0.500. The van der Waals surface area contributed by atoms with Gasteiger partial charge < -0.3 is 19.2 Å². The maximum absolute atomic E-state index is 12.1. The minimum absolute atomic E-state index is 0.0151. The van der Waals surface area contributed by atoms with E-state index in [0.29, 0.717) is 16.7 Å². The number of rotatable bonds is 5. The summed E-state index contributed by atoms with van der Waals surface area (Å²) in [7, 11) is 1.49. The number of anilines is 1. The van der Waals surface area contributed by atoms with Crippen LogP contribution in [0.25, 0.3) is 11.0 Å². The van der Waals surface area contributed by atoms with Gasteiger partial charge in [0.1, 0.15) is 23.1 Å². The van der Waals surface area contributed by atoms with Gasteiger partial charge in [0, 0.05) is 5.39 Å². The Kier molecular flexibility index (Phi) is 4.85. The van der Waals surface area contributed by atoms with Gasteiger partial charge in [-0.05, 0) is 30.3 Å². The lowest BCUT2D eigenvalue weighted by Crippen LogP contribution is -2.21. The monoisotopic (exact) mass is 350 g/mol. The lowest BCUT2D eigenvalue weighted by molar-refractivity contribution is -0.119. The number of nitriles is 1. The number of carbonyl (C=O) groups excluding carboxylic acids is 2. The highest BCUT2D eigenvalue weighted by atomic mass is 16.5. The van der Waals surface area contributed by atoms with E-state index in [1.54, 1.807) is 42.5 Å². The average Bonchev–Trinajstić information content (AvgIpc) is 3.03. The smallest absolute Gasteiger partial charge is 0.338 e. The first kappa shape index (κ1) is 17.0. The maximum Gasteiger partial charge on any atom is 0.338 e. The van der Waals surface area contributed by atoms with Crippen molar-refractivity contribution < 1.29 is 23.5 Å². The predicted octanol–water partition coefficient (Wildman–Crippen LogP) is 3.11. The first-order valence-corrected chi connectivity index (χ1v) is 7.65. The van der Waals surface area contributed by atoms with Gasteiger partial charge in [-0.2, -0.15) is 5.26 Å². The van der Waals surface area contributed by atoms with Crippen molar-refractivity contribution in [2.75, 3.05) is 19.0 Å². The Hall–Kier alpha value is -3.79. The van der Waals surface area contributed by atoms with Crippen molar-refractivity contribution in [1.82, 2.24) is 0 Å². The molecule has 0 saturated carbocycles. The molecule has 130 valence electrons. The van der Waals surface area contributed by atoms with E-state index in [1.807, 2.05) is 6.07 Å². The van der Waals surface area contributed by atoms with Gasteiger partial charge >= 0.3 is 5.97 Å². The highest BCUT2D eigenvalue weighted by Gasteiger charge is 2.17. The van der Waals surface area contributed by atoms with E-state index >= 15 is 0 Å². The summed E-state index contributed by atoms with van der Waals surface area (Å²) in [6, 6.07) is 15.2. The first-order chi connectivity index (χ1) is 12.6. The van der Waals surface area contributed by atoms with Gasteiger partial charge in [-0.3, -0.25) is 4.79 Å². The lowest BCUT2D eigenvalue weighted by atomic mass is 10.2. The topological polar surface area (TPSA) is 102 Å². The van der Waals surface area contributed by atoms with Crippen LogP contribution >= 0.6 is 0 Å². The zero-order valence-corrected chi connectivity index (χ0v) is 13.8. The molecule has 0 spiro atoms. The number of methoxy groups -OCH3 is 1. The number of hydrogen-bond donors (Lipinski definition) is 1. The van der Waals surface area contributed by atoms with Crippen LogP contribution in [0.3, 0.4) is 0 Å². The van der Waals surface area contributed by atoms with Crippen LogP contribution in [0.5, 0.6) is 5.75 Å². The molecular weight excluding hydrogens is 336 g/mol. The minimum Gasteiger partial charge on any atom is -0.497 e. The number of benzene rings is 2. The van der Waals surface area contributed by atoms with Crippen LogP contribution in [-0.4, -0.2) is 25.6 Å². The second-order valence-electron chi connectivity index (χ2n) is 5.27. The molecule has 0 bridgehead atoms. The van der Waals surface area contributed by atoms with Gasteiger partial charge in [0.05, 0.1) is 12.7 Å². The van der Waals surface area contributed by atoms with Crippen molar-refractivity contribution in [2.24, 2.45) is 0 Å². The third-order valence-electron chi connectivity index (χ3n) is 3.60. The Morgan fingerprint density at radius 2 is 2.00 bits per heavy atom. The Bertz CT molecular complexity index is 1020. The Balaban J connectivity index is 1.68. The van der Waals surface area contributed by atoms with Gasteiger partial charge in [0.25, 0.3) is 5.91 Å². The molecule has 3 rings (SSSR count). The highest BCUT2D eigenvalue weighted by Crippen LogP contribution is 2.30. The third kappa shape index (κ3) is 3.49.